The Hall–Kier alpha value is -1.85. The van der Waals surface area contributed by atoms with E-state index in [2.05, 4.69) is 33.7 Å². The van der Waals surface area contributed by atoms with Crippen LogP contribution < -0.4 is 5.56 Å². The fourth-order valence-electron chi connectivity index (χ4n) is 2.51. The molecule has 1 aliphatic rings. The summed E-state index contributed by atoms with van der Waals surface area (Å²) in [4.78, 5) is 22.2. The molecule has 0 saturated carbocycles. The van der Waals surface area contributed by atoms with Crippen molar-refractivity contribution in [2.24, 2.45) is 4.99 Å². The van der Waals surface area contributed by atoms with Gasteiger partial charge in [0, 0.05) is 23.3 Å². The van der Waals surface area contributed by atoms with Crippen LogP contribution in [-0.2, 0) is 0 Å². The number of benzene rings is 1. The number of hydrogen-bond donors (Lipinski definition) is 2. The van der Waals surface area contributed by atoms with Gasteiger partial charge in [-0.25, -0.2) is 4.98 Å². The summed E-state index contributed by atoms with van der Waals surface area (Å²) < 4.78 is 0. The lowest BCUT2D eigenvalue weighted by atomic mass is 9.95. The lowest BCUT2D eigenvalue weighted by Crippen LogP contribution is -2.14. The van der Waals surface area contributed by atoms with Crippen molar-refractivity contribution in [2.45, 2.75) is 51.5 Å². The number of aromatic amines is 1. The van der Waals surface area contributed by atoms with Crippen LogP contribution in [0.1, 0.15) is 57.6 Å². The van der Waals surface area contributed by atoms with Gasteiger partial charge in [-0.2, -0.15) is 0 Å². The van der Waals surface area contributed by atoms with Crippen LogP contribution in [0.5, 0.6) is 0 Å². The van der Waals surface area contributed by atoms with E-state index < -0.39 is 0 Å². The highest BCUT2D eigenvalue weighted by Gasteiger charge is 2.13. The van der Waals surface area contributed by atoms with E-state index in [-0.39, 0.29) is 5.56 Å². The van der Waals surface area contributed by atoms with Gasteiger partial charge in [0.1, 0.15) is 5.03 Å². The highest BCUT2D eigenvalue weighted by atomic mass is 35.5. The molecule has 0 atom stereocenters. The number of halogens is 1. The Labute approximate surface area is 172 Å². The van der Waals surface area contributed by atoms with Gasteiger partial charge in [-0.3, -0.25) is 9.79 Å². The van der Waals surface area contributed by atoms with E-state index >= 15 is 0 Å². The van der Waals surface area contributed by atoms with Crippen molar-refractivity contribution in [3.8, 4) is 0 Å². The van der Waals surface area contributed by atoms with Gasteiger partial charge in [0.25, 0.3) is 5.56 Å². The van der Waals surface area contributed by atoms with Crippen molar-refractivity contribution < 1.29 is 0 Å². The Balaban J connectivity index is 0.000000254. The zero-order valence-corrected chi connectivity index (χ0v) is 17.9. The van der Waals surface area contributed by atoms with E-state index in [9.17, 15) is 4.79 Å². The van der Waals surface area contributed by atoms with E-state index in [0.29, 0.717) is 10.6 Å². The highest BCUT2D eigenvalue weighted by Crippen LogP contribution is 2.26. The lowest BCUT2D eigenvalue weighted by Gasteiger charge is -2.12. The van der Waals surface area contributed by atoms with Crippen LogP contribution in [-0.4, -0.2) is 22.7 Å². The number of aliphatic imine (C=N–C) groups is 1. The van der Waals surface area contributed by atoms with Crippen LogP contribution >= 0.6 is 24.2 Å². The van der Waals surface area contributed by atoms with Gasteiger partial charge in [-0.05, 0) is 44.2 Å². The van der Waals surface area contributed by atoms with Crippen molar-refractivity contribution >= 4 is 36.0 Å². The molecular formula is C21H28ClN3OS. The van der Waals surface area contributed by atoms with Crippen LogP contribution in [0.25, 0.3) is 5.57 Å². The quantitative estimate of drug-likeness (QED) is 0.384. The molecule has 1 aromatic heterocycles. The fraction of sp³-hybridized carbons (Fsp3) is 0.381. The molecule has 4 nitrogen and oxygen atoms in total. The van der Waals surface area contributed by atoms with E-state index in [4.69, 9.17) is 11.6 Å². The minimum atomic E-state index is -0.0850. The molecule has 146 valence electrons. The Kier molecular flexibility index (Phi) is 11.5. The van der Waals surface area contributed by atoms with Gasteiger partial charge in [-0.15, -0.1) is 12.6 Å². The SMILES string of the molecule is CC.CCN=Cc1ccccc1Cl.O=c1[nH]cnc(S)c1C1=CCCCC1. The Bertz CT molecular complexity index is 815. The molecule has 0 aliphatic heterocycles. The van der Waals surface area contributed by atoms with Crippen LogP contribution in [0.4, 0.5) is 0 Å². The molecule has 0 fully saturated rings. The van der Waals surface area contributed by atoms with Gasteiger partial charge in [0.15, 0.2) is 0 Å². The summed E-state index contributed by atoms with van der Waals surface area (Å²) in [5.74, 6) is 0. The summed E-state index contributed by atoms with van der Waals surface area (Å²) >= 11 is 10.1. The molecule has 1 aliphatic carbocycles. The summed E-state index contributed by atoms with van der Waals surface area (Å²) in [5.41, 5.74) is 2.64. The summed E-state index contributed by atoms with van der Waals surface area (Å²) in [5, 5.41) is 1.28. The largest absolute Gasteiger partial charge is 0.313 e. The van der Waals surface area contributed by atoms with Crippen molar-refractivity contribution in [3.05, 3.63) is 63.2 Å². The van der Waals surface area contributed by atoms with Gasteiger partial charge >= 0.3 is 0 Å². The fourth-order valence-corrected chi connectivity index (χ4v) is 3.00. The van der Waals surface area contributed by atoms with Crippen molar-refractivity contribution in [1.29, 1.82) is 0 Å². The zero-order chi connectivity index (χ0) is 20.1. The third-order valence-electron chi connectivity index (χ3n) is 3.76. The van der Waals surface area contributed by atoms with Crippen molar-refractivity contribution in [1.82, 2.24) is 9.97 Å². The molecule has 0 saturated heterocycles. The molecule has 0 bridgehead atoms. The first-order valence-corrected chi connectivity index (χ1v) is 10.2. The van der Waals surface area contributed by atoms with E-state index in [0.717, 1.165) is 42.0 Å². The number of hydrogen-bond acceptors (Lipinski definition) is 4. The Morgan fingerprint density at radius 3 is 2.63 bits per heavy atom. The molecule has 27 heavy (non-hydrogen) atoms. The molecule has 1 heterocycles. The summed E-state index contributed by atoms with van der Waals surface area (Å²) in [6.07, 6.45) is 9.67. The summed E-state index contributed by atoms with van der Waals surface area (Å²) in [6, 6.07) is 7.66. The second kappa shape index (κ2) is 13.3. The minimum Gasteiger partial charge on any atom is -0.313 e. The number of H-pyrrole nitrogens is 1. The lowest BCUT2D eigenvalue weighted by molar-refractivity contribution is 0.738. The molecular weight excluding hydrogens is 378 g/mol. The van der Waals surface area contributed by atoms with E-state index in [1.54, 1.807) is 6.21 Å². The average Bonchev–Trinajstić information content (AvgIpc) is 2.70. The molecule has 0 amide bonds. The summed E-state index contributed by atoms with van der Waals surface area (Å²) in [6.45, 7) is 6.79. The third kappa shape index (κ3) is 7.73. The predicted octanol–water partition coefficient (Wildman–Crippen LogP) is 5.82. The number of allylic oxidation sites excluding steroid dienone is 2. The van der Waals surface area contributed by atoms with Gasteiger partial charge < -0.3 is 4.98 Å². The Morgan fingerprint density at radius 2 is 2.04 bits per heavy atom. The number of thiol groups is 1. The smallest absolute Gasteiger partial charge is 0.259 e. The van der Waals surface area contributed by atoms with Gasteiger partial charge in [0.2, 0.25) is 0 Å². The first-order chi connectivity index (χ1) is 13.1. The normalized spacial score (nSPS) is 13.1. The van der Waals surface area contributed by atoms with Crippen LogP contribution in [0.2, 0.25) is 5.02 Å². The molecule has 3 rings (SSSR count). The second-order valence-corrected chi connectivity index (χ2v) is 6.39. The number of aromatic nitrogens is 2. The maximum absolute atomic E-state index is 11.6. The highest BCUT2D eigenvalue weighted by molar-refractivity contribution is 7.80. The van der Waals surface area contributed by atoms with Crippen LogP contribution in [0, 0.1) is 0 Å². The number of rotatable bonds is 3. The molecule has 1 N–H and O–H groups in total. The third-order valence-corrected chi connectivity index (χ3v) is 4.45. The maximum atomic E-state index is 11.6. The topological polar surface area (TPSA) is 58.1 Å². The molecule has 2 aromatic rings. The first-order valence-electron chi connectivity index (χ1n) is 9.34. The Morgan fingerprint density at radius 1 is 1.30 bits per heavy atom. The van der Waals surface area contributed by atoms with Crippen LogP contribution in [0.15, 0.2) is 51.5 Å². The van der Waals surface area contributed by atoms with Crippen molar-refractivity contribution in [2.75, 3.05) is 6.54 Å². The number of nitrogens with one attached hydrogen (secondary N) is 1. The first kappa shape index (κ1) is 23.2. The molecule has 6 heteroatoms. The maximum Gasteiger partial charge on any atom is 0.259 e. The predicted molar refractivity (Wildman–Crippen MR) is 119 cm³/mol. The summed E-state index contributed by atoms with van der Waals surface area (Å²) in [7, 11) is 0. The average molecular weight is 406 g/mol. The van der Waals surface area contributed by atoms with Gasteiger partial charge in [-0.1, -0.05) is 49.7 Å². The van der Waals surface area contributed by atoms with Crippen LogP contribution in [0.3, 0.4) is 0 Å². The van der Waals surface area contributed by atoms with Crippen molar-refractivity contribution in [3.63, 3.8) is 0 Å². The van der Waals surface area contributed by atoms with Gasteiger partial charge in [0.05, 0.1) is 11.9 Å². The molecule has 1 aromatic carbocycles. The zero-order valence-electron chi connectivity index (χ0n) is 16.2. The second-order valence-electron chi connectivity index (χ2n) is 5.55. The monoisotopic (exact) mass is 405 g/mol. The molecule has 0 radical (unpaired) electrons. The van der Waals surface area contributed by atoms with E-state index in [1.165, 1.54) is 12.7 Å². The number of nitrogens with zero attached hydrogens (tertiary/aromatic N) is 2. The minimum absolute atomic E-state index is 0.0850. The standard InChI is InChI=1S/C10H12N2OS.C9H10ClN.C2H6/c13-9-8(10(14)12-6-11-9)7-4-2-1-3-5-7;1-2-11-7-8-5-3-4-6-9(8)10;1-2/h4,6H,1-3,5H2,(H2,11,12,13,14);3-7H,2H2,1H3;1-2H3. The van der Waals surface area contributed by atoms with E-state index in [1.807, 2.05) is 45.0 Å². The molecule has 0 unspecified atom stereocenters. The molecule has 0 spiro atoms.